The van der Waals surface area contributed by atoms with Gasteiger partial charge >= 0.3 is 0 Å². The molecule has 6 nitrogen and oxygen atoms in total. The minimum absolute atomic E-state index is 0.170. The zero-order valence-electron chi connectivity index (χ0n) is 10.6. The van der Waals surface area contributed by atoms with Crippen molar-refractivity contribution >= 4 is 33.6 Å². The summed E-state index contributed by atoms with van der Waals surface area (Å²) < 4.78 is 27.6. The highest BCUT2D eigenvalue weighted by molar-refractivity contribution is 9.10. The van der Waals surface area contributed by atoms with Gasteiger partial charge in [-0.25, -0.2) is 8.78 Å². The van der Waals surface area contributed by atoms with Gasteiger partial charge in [0, 0.05) is 12.1 Å². The van der Waals surface area contributed by atoms with Gasteiger partial charge in [-0.15, -0.1) is 0 Å². The predicted molar refractivity (Wildman–Crippen MR) is 75.9 cm³/mol. The Bertz CT molecular complexity index is 924. The number of fused-ring (bicyclic) bond motifs is 1. The van der Waals surface area contributed by atoms with E-state index in [0.29, 0.717) is 6.07 Å². The second-order valence-electron chi connectivity index (χ2n) is 4.50. The highest BCUT2D eigenvalue weighted by Crippen LogP contribution is 2.29. The van der Waals surface area contributed by atoms with Crippen molar-refractivity contribution in [2.75, 3.05) is 5.73 Å². The Labute approximate surface area is 129 Å². The quantitative estimate of drug-likeness (QED) is 0.585. The van der Waals surface area contributed by atoms with Crippen LogP contribution >= 0.6 is 15.9 Å². The van der Waals surface area contributed by atoms with E-state index in [1.54, 1.807) is 0 Å². The number of amides is 2. The summed E-state index contributed by atoms with van der Waals surface area (Å²) >= 11 is 2.90. The highest BCUT2D eigenvalue weighted by Gasteiger charge is 2.32. The Morgan fingerprint density at radius 1 is 1.09 bits per heavy atom. The smallest absolute Gasteiger partial charge is 0.262 e. The molecular weight excluding hydrogens is 364 g/mol. The molecule has 1 aromatic heterocycles. The summed E-state index contributed by atoms with van der Waals surface area (Å²) in [6, 6.07) is 2.39. The van der Waals surface area contributed by atoms with Gasteiger partial charge < -0.3 is 5.73 Å². The van der Waals surface area contributed by atoms with Crippen LogP contribution in [-0.4, -0.2) is 16.4 Å². The predicted octanol–water partition coefficient (Wildman–Crippen LogP) is 1.34. The second-order valence-corrected chi connectivity index (χ2v) is 5.29. The number of imide groups is 1. The highest BCUT2D eigenvalue weighted by atomic mass is 79.9. The number of carbonyl (C=O) groups is 2. The van der Waals surface area contributed by atoms with Gasteiger partial charge in [-0.1, -0.05) is 0 Å². The topological polar surface area (TPSA) is 94.2 Å². The molecule has 0 bridgehead atoms. The van der Waals surface area contributed by atoms with Crippen molar-refractivity contribution < 1.29 is 18.4 Å². The molecule has 9 heteroatoms. The molecule has 0 atom stereocenters. The number of anilines is 1. The van der Waals surface area contributed by atoms with Gasteiger partial charge in [0.15, 0.2) is 0 Å². The monoisotopic (exact) mass is 369 g/mol. The van der Waals surface area contributed by atoms with E-state index in [2.05, 4.69) is 15.9 Å². The Balaban J connectivity index is 2.40. The number of aromatic nitrogens is 1. The van der Waals surface area contributed by atoms with Gasteiger partial charge in [0.2, 0.25) is 0 Å². The van der Waals surface area contributed by atoms with E-state index in [1.807, 2.05) is 5.32 Å². The summed E-state index contributed by atoms with van der Waals surface area (Å²) in [6.45, 7) is 0. The molecule has 1 aliphatic rings. The van der Waals surface area contributed by atoms with Crippen molar-refractivity contribution in [1.82, 2.24) is 9.88 Å². The van der Waals surface area contributed by atoms with Crippen molar-refractivity contribution in [2.24, 2.45) is 0 Å². The van der Waals surface area contributed by atoms with E-state index in [4.69, 9.17) is 5.73 Å². The van der Waals surface area contributed by atoms with E-state index >= 15 is 0 Å². The summed E-state index contributed by atoms with van der Waals surface area (Å²) in [5.41, 5.74) is 4.38. The van der Waals surface area contributed by atoms with Crippen LogP contribution in [0.25, 0.3) is 5.69 Å². The molecule has 3 rings (SSSR count). The van der Waals surface area contributed by atoms with Crippen LogP contribution in [0, 0.1) is 11.6 Å². The number of pyridine rings is 1. The van der Waals surface area contributed by atoms with E-state index in [0.717, 1.165) is 16.7 Å². The maximum atomic E-state index is 13.6. The molecule has 112 valence electrons. The molecule has 0 spiro atoms. The number of nitrogen functional groups attached to an aromatic ring is 1. The number of hydrogen-bond donors (Lipinski definition) is 2. The molecule has 0 fully saturated rings. The standard InChI is InChI=1S/C13H6BrF2N3O3/c14-10-6(16)1-4(15)2-7(10)19-8(20)3-5-9(11(19)17)13(22)18-12(5)21/h1-3H,17H2,(H,18,21,22). The Morgan fingerprint density at radius 2 is 1.77 bits per heavy atom. The van der Waals surface area contributed by atoms with Gasteiger partial charge in [-0.05, 0) is 22.0 Å². The van der Waals surface area contributed by atoms with Crippen molar-refractivity contribution in [2.45, 2.75) is 0 Å². The third-order valence-electron chi connectivity index (χ3n) is 3.17. The number of nitrogens with zero attached hydrogens (tertiary/aromatic N) is 1. The van der Waals surface area contributed by atoms with E-state index in [-0.39, 0.29) is 27.1 Å². The maximum absolute atomic E-state index is 13.6. The zero-order valence-corrected chi connectivity index (χ0v) is 12.2. The molecular formula is C13H6BrF2N3O3. The minimum atomic E-state index is -0.942. The molecule has 0 saturated heterocycles. The normalized spacial score (nSPS) is 13.2. The van der Waals surface area contributed by atoms with E-state index < -0.39 is 29.0 Å². The Kier molecular flexibility index (Phi) is 3.10. The van der Waals surface area contributed by atoms with Crippen LogP contribution in [0.15, 0.2) is 27.5 Å². The van der Waals surface area contributed by atoms with Crippen LogP contribution in [0.1, 0.15) is 20.7 Å². The SMILES string of the molecule is Nc1c2c(cc(=O)n1-c1cc(F)cc(F)c1Br)C(=O)NC2=O. The molecule has 22 heavy (non-hydrogen) atoms. The second kappa shape index (κ2) is 4.73. The fourth-order valence-electron chi connectivity index (χ4n) is 2.23. The fourth-order valence-corrected chi connectivity index (χ4v) is 2.64. The number of nitrogens with one attached hydrogen (secondary N) is 1. The maximum Gasteiger partial charge on any atom is 0.262 e. The van der Waals surface area contributed by atoms with E-state index in [9.17, 15) is 23.2 Å². The summed E-state index contributed by atoms with van der Waals surface area (Å²) in [7, 11) is 0. The number of benzene rings is 1. The minimum Gasteiger partial charge on any atom is -0.384 e. The fraction of sp³-hybridized carbons (Fsp3) is 0. The van der Waals surface area contributed by atoms with Gasteiger partial charge in [-0.2, -0.15) is 0 Å². The molecule has 0 aliphatic carbocycles. The van der Waals surface area contributed by atoms with Crippen molar-refractivity contribution in [3.05, 3.63) is 55.8 Å². The van der Waals surface area contributed by atoms with Crippen molar-refractivity contribution in [3.8, 4) is 5.69 Å². The lowest BCUT2D eigenvalue weighted by Gasteiger charge is -2.13. The van der Waals surface area contributed by atoms with Gasteiger partial charge in [0.1, 0.15) is 17.5 Å². The summed E-state index contributed by atoms with van der Waals surface area (Å²) in [6.07, 6.45) is 0. The lowest BCUT2D eigenvalue weighted by molar-refractivity contribution is 0.0880. The Hall–Kier alpha value is -2.55. The summed E-state index contributed by atoms with van der Waals surface area (Å²) in [5, 5.41) is 2.00. The van der Waals surface area contributed by atoms with Crippen LogP contribution in [0.3, 0.4) is 0 Å². The third-order valence-corrected chi connectivity index (χ3v) is 3.95. The molecule has 0 saturated carbocycles. The average Bonchev–Trinajstić information content (AvgIpc) is 2.70. The molecule has 3 N–H and O–H groups in total. The lowest BCUT2D eigenvalue weighted by Crippen LogP contribution is -2.24. The van der Waals surface area contributed by atoms with Crippen LogP contribution in [0.4, 0.5) is 14.6 Å². The number of rotatable bonds is 1. The van der Waals surface area contributed by atoms with Gasteiger partial charge in [0.25, 0.3) is 17.4 Å². The Morgan fingerprint density at radius 3 is 2.45 bits per heavy atom. The van der Waals surface area contributed by atoms with E-state index in [1.165, 1.54) is 0 Å². The summed E-state index contributed by atoms with van der Waals surface area (Å²) in [4.78, 5) is 35.4. The van der Waals surface area contributed by atoms with Crippen LogP contribution in [0.5, 0.6) is 0 Å². The molecule has 0 radical (unpaired) electrons. The summed E-state index contributed by atoms with van der Waals surface area (Å²) in [5.74, 6) is -3.78. The number of halogens is 3. The zero-order chi connectivity index (χ0) is 16.2. The lowest BCUT2D eigenvalue weighted by atomic mass is 10.1. The largest absolute Gasteiger partial charge is 0.384 e. The first kappa shape index (κ1) is 14.4. The molecule has 2 heterocycles. The first-order valence-corrected chi connectivity index (χ1v) is 6.66. The molecule has 1 aliphatic heterocycles. The molecule has 2 aromatic rings. The number of carbonyl (C=O) groups excluding carboxylic acids is 2. The first-order valence-electron chi connectivity index (χ1n) is 5.87. The van der Waals surface area contributed by atoms with Crippen molar-refractivity contribution in [1.29, 1.82) is 0 Å². The van der Waals surface area contributed by atoms with Gasteiger partial charge in [-0.3, -0.25) is 24.3 Å². The third kappa shape index (κ3) is 1.93. The van der Waals surface area contributed by atoms with Crippen LogP contribution in [0.2, 0.25) is 0 Å². The first-order chi connectivity index (χ1) is 10.3. The van der Waals surface area contributed by atoms with Crippen LogP contribution < -0.4 is 16.6 Å². The number of nitrogens with two attached hydrogens (primary N) is 1. The van der Waals surface area contributed by atoms with Gasteiger partial charge in [0.05, 0.1) is 21.3 Å². The van der Waals surface area contributed by atoms with Crippen molar-refractivity contribution in [3.63, 3.8) is 0 Å². The number of hydrogen-bond acceptors (Lipinski definition) is 4. The average molecular weight is 370 g/mol. The van der Waals surface area contributed by atoms with Crippen LogP contribution in [-0.2, 0) is 0 Å². The molecule has 0 unspecified atom stereocenters. The molecule has 2 amide bonds. The molecule has 1 aromatic carbocycles.